The van der Waals surface area contributed by atoms with Crippen LogP contribution in [0.2, 0.25) is 0 Å². The van der Waals surface area contributed by atoms with E-state index in [0.717, 1.165) is 26.1 Å². The summed E-state index contributed by atoms with van der Waals surface area (Å²) in [7, 11) is 1.69. The molecular formula is C17H24N4O3. The van der Waals surface area contributed by atoms with Gasteiger partial charge >= 0.3 is 0 Å². The van der Waals surface area contributed by atoms with Gasteiger partial charge in [0.15, 0.2) is 0 Å². The predicted molar refractivity (Wildman–Crippen MR) is 88.7 cm³/mol. The van der Waals surface area contributed by atoms with E-state index in [2.05, 4.69) is 9.88 Å². The number of pyridine rings is 1. The molecule has 2 N–H and O–H groups in total. The Morgan fingerprint density at radius 2 is 2.08 bits per heavy atom. The second-order valence-electron chi connectivity index (χ2n) is 6.51. The first kappa shape index (κ1) is 16.9. The Morgan fingerprint density at radius 3 is 2.67 bits per heavy atom. The molecule has 2 amide bonds. The van der Waals surface area contributed by atoms with Crippen LogP contribution in [0.4, 0.5) is 0 Å². The number of hydrogen-bond donors (Lipinski definition) is 1. The molecule has 2 saturated heterocycles. The Hall–Kier alpha value is -1.99. The maximum Gasteiger partial charge on any atom is 0.272 e. The van der Waals surface area contributed by atoms with E-state index in [9.17, 15) is 9.59 Å². The minimum absolute atomic E-state index is 0.0615. The van der Waals surface area contributed by atoms with Crippen molar-refractivity contribution in [1.82, 2.24) is 14.8 Å². The van der Waals surface area contributed by atoms with Crippen LogP contribution in [0, 0.1) is 0 Å². The maximum atomic E-state index is 12.8. The van der Waals surface area contributed by atoms with Crippen molar-refractivity contribution in [2.45, 2.75) is 31.4 Å². The molecule has 7 nitrogen and oxygen atoms in total. The lowest BCUT2D eigenvalue weighted by Gasteiger charge is -2.28. The number of primary amides is 1. The van der Waals surface area contributed by atoms with Crippen LogP contribution < -0.4 is 5.73 Å². The molecule has 0 radical (unpaired) electrons. The molecule has 1 aromatic rings. The summed E-state index contributed by atoms with van der Waals surface area (Å²) in [5.74, 6) is -0.663. The summed E-state index contributed by atoms with van der Waals surface area (Å²) < 4.78 is 5.48. The summed E-state index contributed by atoms with van der Waals surface area (Å²) in [5, 5.41) is 0. The van der Waals surface area contributed by atoms with E-state index in [1.165, 1.54) is 19.0 Å². The molecule has 0 aliphatic carbocycles. The highest BCUT2D eigenvalue weighted by atomic mass is 16.5. The number of nitrogens with zero attached hydrogens (tertiary/aromatic N) is 3. The van der Waals surface area contributed by atoms with E-state index < -0.39 is 5.91 Å². The Labute approximate surface area is 141 Å². The second-order valence-corrected chi connectivity index (χ2v) is 6.51. The summed E-state index contributed by atoms with van der Waals surface area (Å²) in [6.45, 7) is 3.65. The standard InChI is InChI=1S/C17H24N4O3/c1-24-14-8-13(10-20-6-2-3-7-20)21(11-14)17(23)15-5-4-12(9-19-15)16(18)22/h4-5,9,13-14H,2-3,6-8,10-11H2,1H3,(H2,18,22)/t13-,14-/m0/s1. The van der Waals surface area contributed by atoms with Gasteiger partial charge in [0.05, 0.1) is 11.7 Å². The third kappa shape index (κ3) is 3.57. The van der Waals surface area contributed by atoms with Crippen molar-refractivity contribution in [3.63, 3.8) is 0 Å². The number of rotatable bonds is 5. The topological polar surface area (TPSA) is 88.8 Å². The van der Waals surface area contributed by atoms with Crippen molar-refractivity contribution in [2.24, 2.45) is 5.73 Å². The van der Waals surface area contributed by atoms with Gasteiger partial charge in [-0.2, -0.15) is 0 Å². The second kappa shape index (κ2) is 7.27. The highest BCUT2D eigenvalue weighted by Crippen LogP contribution is 2.24. The zero-order valence-electron chi connectivity index (χ0n) is 14.0. The molecule has 0 spiro atoms. The van der Waals surface area contributed by atoms with Crippen LogP contribution in [0.15, 0.2) is 18.3 Å². The van der Waals surface area contributed by atoms with Gasteiger partial charge in [-0.05, 0) is 44.5 Å². The molecule has 0 aromatic carbocycles. The number of methoxy groups -OCH3 is 1. The predicted octanol–water partition coefficient (Wildman–Crippen LogP) is 0.506. The van der Waals surface area contributed by atoms with Crippen LogP contribution in [-0.2, 0) is 4.74 Å². The van der Waals surface area contributed by atoms with Crippen LogP contribution in [0.1, 0.15) is 40.1 Å². The van der Waals surface area contributed by atoms with Crippen LogP contribution in [-0.4, -0.2) is 72.0 Å². The Kier molecular flexibility index (Phi) is 5.11. The van der Waals surface area contributed by atoms with E-state index in [1.807, 2.05) is 4.90 Å². The molecule has 24 heavy (non-hydrogen) atoms. The van der Waals surface area contributed by atoms with Gasteiger partial charge in [-0.15, -0.1) is 0 Å². The maximum absolute atomic E-state index is 12.8. The van der Waals surface area contributed by atoms with Crippen molar-refractivity contribution in [3.05, 3.63) is 29.6 Å². The van der Waals surface area contributed by atoms with Crippen molar-refractivity contribution in [1.29, 1.82) is 0 Å². The SMILES string of the molecule is CO[C@H]1C[C@@H](CN2CCCC2)N(C(=O)c2ccc(C(N)=O)cn2)C1. The van der Waals surface area contributed by atoms with Gasteiger partial charge in [0.1, 0.15) is 5.69 Å². The summed E-state index contributed by atoms with van der Waals surface area (Å²) in [5.41, 5.74) is 5.85. The zero-order chi connectivity index (χ0) is 17.1. The van der Waals surface area contributed by atoms with Crippen LogP contribution in [0.25, 0.3) is 0 Å². The van der Waals surface area contributed by atoms with Gasteiger partial charge in [0, 0.05) is 32.4 Å². The lowest BCUT2D eigenvalue weighted by Crippen LogP contribution is -2.43. The van der Waals surface area contributed by atoms with Gasteiger partial charge < -0.3 is 20.3 Å². The average Bonchev–Trinajstić information content (AvgIpc) is 3.24. The van der Waals surface area contributed by atoms with Gasteiger partial charge in [0.25, 0.3) is 5.91 Å². The lowest BCUT2D eigenvalue weighted by molar-refractivity contribution is 0.0664. The summed E-state index contributed by atoms with van der Waals surface area (Å²) >= 11 is 0. The van der Waals surface area contributed by atoms with Crippen molar-refractivity contribution in [3.8, 4) is 0 Å². The number of ether oxygens (including phenoxy) is 1. The van der Waals surface area contributed by atoms with E-state index >= 15 is 0 Å². The molecule has 2 aliphatic rings. The fraction of sp³-hybridized carbons (Fsp3) is 0.588. The minimum Gasteiger partial charge on any atom is -0.380 e. The molecule has 3 heterocycles. The first-order chi connectivity index (χ1) is 11.6. The highest BCUT2D eigenvalue weighted by Gasteiger charge is 2.37. The molecule has 0 unspecified atom stereocenters. The first-order valence-electron chi connectivity index (χ1n) is 8.40. The number of amides is 2. The Bertz CT molecular complexity index is 598. The van der Waals surface area contributed by atoms with E-state index in [1.54, 1.807) is 19.2 Å². The molecule has 2 fully saturated rings. The summed E-state index contributed by atoms with van der Waals surface area (Å²) in [6, 6.07) is 3.25. The summed E-state index contributed by atoms with van der Waals surface area (Å²) in [4.78, 5) is 32.4. The fourth-order valence-electron chi connectivity index (χ4n) is 3.54. The minimum atomic E-state index is -0.547. The van der Waals surface area contributed by atoms with Crippen LogP contribution in [0.3, 0.4) is 0 Å². The van der Waals surface area contributed by atoms with Crippen LogP contribution in [0.5, 0.6) is 0 Å². The number of carbonyl (C=O) groups excluding carboxylic acids is 2. The zero-order valence-corrected chi connectivity index (χ0v) is 14.0. The largest absolute Gasteiger partial charge is 0.380 e. The Balaban J connectivity index is 1.73. The van der Waals surface area contributed by atoms with Gasteiger partial charge in [-0.3, -0.25) is 14.6 Å². The first-order valence-corrected chi connectivity index (χ1v) is 8.40. The van der Waals surface area contributed by atoms with Gasteiger partial charge in [0.2, 0.25) is 5.91 Å². The molecule has 130 valence electrons. The fourth-order valence-corrected chi connectivity index (χ4v) is 3.54. The number of hydrogen-bond acceptors (Lipinski definition) is 5. The normalized spacial score (nSPS) is 24.5. The third-order valence-electron chi connectivity index (χ3n) is 4.91. The molecular weight excluding hydrogens is 308 g/mol. The molecule has 3 rings (SSSR count). The van der Waals surface area contributed by atoms with Crippen molar-refractivity contribution in [2.75, 3.05) is 33.3 Å². The highest BCUT2D eigenvalue weighted by molar-refractivity contribution is 5.95. The van der Waals surface area contributed by atoms with E-state index in [-0.39, 0.29) is 18.1 Å². The lowest BCUT2D eigenvalue weighted by atomic mass is 10.1. The molecule has 7 heteroatoms. The average molecular weight is 332 g/mol. The number of carbonyl (C=O) groups is 2. The van der Waals surface area contributed by atoms with Gasteiger partial charge in [-0.25, -0.2) is 0 Å². The summed E-state index contributed by atoms with van der Waals surface area (Å²) in [6.07, 6.45) is 4.72. The molecule has 2 atom stereocenters. The third-order valence-corrected chi connectivity index (χ3v) is 4.91. The van der Waals surface area contributed by atoms with Gasteiger partial charge in [-0.1, -0.05) is 0 Å². The quantitative estimate of drug-likeness (QED) is 0.848. The molecule has 0 saturated carbocycles. The Morgan fingerprint density at radius 1 is 1.33 bits per heavy atom. The molecule has 2 aliphatic heterocycles. The number of likely N-dealkylation sites (tertiary alicyclic amines) is 2. The van der Waals surface area contributed by atoms with Crippen LogP contribution >= 0.6 is 0 Å². The van der Waals surface area contributed by atoms with Crippen molar-refractivity contribution >= 4 is 11.8 Å². The molecule has 1 aromatic heterocycles. The molecule has 0 bridgehead atoms. The van der Waals surface area contributed by atoms with E-state index in [4.69, 9.17) is 10.5 Å². The van der Waals surface area contributed by atoms with E-state index in [0.29, 0.717) is 17.8 Å². The smallest absolute Gasteiger partial charge is 0.272 e. The number of nitrogens with two attached hydrogens (primary N) is 1. The monoisotopic (exact) mass is 332 g/mol. The van der Waals surface area contributed by atoms with Crippen molar-refractivity contribution < 1.29 is 14.3 Å². The number of aromatic nitrogens is 1.